The number of hydrogen-bond acceptors (Lipinski definition) is 3. The van der Waals surface area contributed by atoms with Crippen molar-refractivity contribution in [3.8, 4) is 11.6 Å². The van der Waals surface area contributed by atoms with Crippen LogP contribution >= 0.6 is 11.6 Å². The first-order valence-corrected chi connectivity index (χ1v) is 8.12. The molecule has 0 saturated heterocycles. The molecule has 0 aliphatic heterocycles. The summed E-state index contributed by atoms with van der Waals surface area (Å²) in [4.78, 5) is 16.0. The molecule has 1 heterocycles. The normalized spacial score (nSPS) is 10.5. The number of pyridine rings is 1. The Bertz CT molecular complexity index is 961. The third kappa shape index (κ3) is 4.77. The molecule has 0 aliphatic carbocycles. The van der Waals surface area contributed by atoms with E-state index in [1.54, 1.807) is 0 Å². The molecule has 3 aromatic rings. The molecule has 2 aromatic carbocycles. The van der Waals surface area contributed by atoms with Crippen molar-refractivity contribution in [1.82, 2.24) is 4.98 Å². The lowest BCUT2D eigenvalue weighted by molar-refractivity contribution is -0.115. The van der Waals surface area contributed by atoms with Gasteiger partial charge in [0.25, 0.3) is 0 Å². The summed E-state index contributed by atoms with van der Waals surface area (Å²) >= 11 is 5.89. The van der Waals surface area contributed by atoms with Crippen LogP contribution in [0.2, 0.25) is 5.02 Å². The first kappa shape index (κ1) is 18.7. The van der Waals surface area contributed by atoms with E-state index in [4.69, 9.17) is 16.3 Å². The van der Waals surface area contributed by atoms with Gasteiger partial charge < -0.3 is 10.1 Å². The topological polar surface area (TPSA) is 51.2 Å². The Balaban J connectivity index is 1.64. The van der Waals surface area contributed by atoms with Gasteiger partial charge in [-0.05, 0) is 30.3 Å². The fourth-order valence-corrected chi connectivity index (χ4v) is 2.48. The summed E-state index contributed by atoms with van der Waals surface area (Å²) in [6.45, 7) is 0. The molecule has 1 N–H and O–H groups in total. The average Bonchev–Trinajstić information content (AvgIpc) is 2.62. The van der Waals surface area contributed by atoms with E-state index in [9.17, 15) is 18.0 Å². The van der Waals surface area contributed by atoms with Crippen LogP contribution in [-0.4, -0.2) is 10.9 Å². The standard InChI is InChI=1S/C19H12ClF3N2O2/c20-14-2-1-3-15(22)13(14)9-18(26)25-12-5-7-19(24-10-12)27-17-6-4-11(21)8-16(17)23/h1-8,10H,9H2,(H,25,26). The second-order valence-electron chi connectivity index (χ2n) is 5.49. The SMILES string of the molecule is O=C(Cc1c(F)cccc1Cl)Nc1ccc(Oc2ccc(F)cc2F)nc1. The number of ether oxygens (including phenoxy) is 1. The van der Waals surface area contributed by atoms with E-state index in [2.05, 4.69) is 10.3 Å². The van der Waals surface area contributed by atoms with Crippen LogP contribution in [-0.2, 0) is 11.2 Å². The summed E-state index contributed by atoms with van der Waals surface area (Å²) in [5.74, 6) is -2.77. The maximum atomic E-state index is 13.7. The Hall–Kier alpha value is -3.06. The molecule has 138 valence electrons. The first-order valence-electron chi connectivity index (χ1n) is 7.74. The fraction of sp³-hybridized carbons (Fsp3) is 0.0526. The number of halogens is 4. The minimum atomic E-state index is -0.865. The summed E-state index contributed by atoms with van der Waals surface area (Å²) in [5.41, 5.74) is 0.427. The van der Waals surface area contributed by atoms with Crippen LogP contribution in [0, 0.1) is 17.5 Å². The molecule has 1 aromatic heterocycles. The summed E-state index contributed by atoms with van der Waals surface area (Å²) in [5, 5.41) is 2.71. The fourth-order valence-electron chi connectivity index (χ4n) is 2.25. The summed E-state index contributed by atoms with van der Waals surface area (Å²) in [6, 6.07) is 9.93. The van der Waals surface area contributed by atoms with Crippen LogP contribution in [0.25, 0.3) is 0 Å². The average molecular weight is 393 g/mol. The zero-order valence-corrected chi connectivity index (χ0v) is 14.4. The maximum Gasteiger partial charge on any atom is 0.229 e. The minimum Gasteiger partial charge on any atom is -0.436 e. The smallest absolute Gasteiger partial charge is 0.229 e. The highest BCUT2D eigenvalue weighted by Crippen LogP contribution is 2.24. The number of anilines is 1. The third-order valence-corrected chi connectivity index (χ3v) is 3.88. The summed E-state index contributed by atoms with van der Waals surface area (Å²) in [6.07, 6.45) is 1.04. The van der Waals surface area contributed by atoms with Crippen molar-refractivity contribution in [2.75, 3.05) is 5.32 Å². The molecule has 3 rings (SSSR count). The van der Waals surface area contributed by atoms with Gasteiger partial charge in [-0.2, -0.15) is 0 Å². The molecule has 0 unspecified atom stereocenters. The van der Waals surface area contributed by atoms with E-state index in [0.29, 0.717) is 11.8 Å². The number of nitrogens with zero attached hydrogens (tertiary/aromatic N) is 1. The van der Waals surface area contributed by atoms with Gasteiger partial charge in [-0.3, -0.25) is 4.79 Å². The van der Waals surface area contributed by atoms with Gasteiger partial charge in [-0.1, -0.05) is 17.7 Å². The highest BCUT2D eigenvalue weighted by atomic mass is 35.5. The minimum absolute atomic E-state index is 0.0515. The largest absolute Gasteiger partial charge is 0.436 e. The van der Waals surface area contributed by atoms with Gasteiger partial charge in [0.1, 0.15) is 11.6 Å². The van der Waals surface area contributed by atoms with Crippen LogP contribution in [0.5, 0.6) is 11.6 Å². The number of amides is 1. The highest BCUT2D eigenvalue weighted by Gasteiger charge is 2.13. The molecule has 0 bridgehead atoms. The lowest BCUT2D eigenvalue weighted by atomic mass is 10.1. The molecular formula is C19H12ClF3N2O2. The van der Waals surface area contributed by atoms with E-state index >= 15 is 0 Å². The van der Waals surface area contributed by atoms with E-state index in [1.165, 1.54) is 36.5 Å². The summed E-state index contributed by atoms with van der Waals surface area (Å²) in [7, 11) is 0. The van der Waals surface area contributed by atoms with Crippen molar-refractivity contribution in [1.29, 1.82) is 0 Å². The molecule has 0 aliphatic rings. The lowest BCUT2D eigenvalue weighted by Crippen LogP contribution is -2.15. The highest BCUT2D eigenvalue weighted by molar-refractivity contribution is 6.31. The van der Waals surface area contributed by atoms with E-state index < -0.39 is 23.4 Å². The molecule has 0 saturated carbocycles. The molecule has 0 spiro atoms. The van der Waals surface area contributed by atoms with Crippen LogP contribution in [0.3, 0.4) is 0 Å². The number of nitrogens with one attached hydrogen (secondary N) is 1. The van der Waals surface area contributed by atoms with E-state index in [-0.39, 0.29) is 28.6 Å². The predicted octanol–water partition coefficient (Wildman–Crippen LogP) is 5.13. The number of rotatable bonds is 5. The second kappa shape index (κ2) is 8.09. The van der Waals surface area contributed by atoms with Crippen LogP contribution in [0.4, 0.5) is 18.9 Å². The van der Waals surface area contributed by atoms with Crippen molar-refractivity contribution in [3.05, 3.63) is 82.8 Å². The number of aromatic nitrogens is 1. The van der Waals surface area contributed by atoms with Gasteiger partial charge >= 0.3 is 0 Å². The van der Waals surface area contributed by atoms with E-state index in [0.717, 1.165) is 12.1 Å². The van der Waals surface area contributed by atoms with Crippen LogP contribution < -0.4 is 10.1 Å². The van der Waals surface area contributed by atoms with Crippen molar-refractivity contribution in [2.45, 2.75) is 6.42 Å². The molecule has 8 heteroatoms. The third-order valence-electron chi connectivity index (χ3n) is 3.53. The van der Waals surface area contributed by atoms with Gasteiger partial charge in [0.15, 0.2) is 11.6 Å². The van der Waals surface area contributed by atoms with E-state index in [1.807, 2.05) is 0 Å². The van der Waals surface area contributed by atoms with Crippen molar-refractivity contribution in [2.24, 2.45) is 0 Å². The zero-order valence-electron chi connectivity index (χ0n) is 13.7. The molecule has 4 nitrogen and oxygen atoms in total. The molecule has 0 fully saturated rings. The number of carbonyl (C=O) groups excluding carboxylic acids is 1. The van der Waals surface area contributed by atoms with Gasteiger partial charge in [0, 0.05) is 22.7 Å². The molecule has 1 amide bonds. The Kier molecular flexibility index (Phi) is 5.61. The van der Waals surface area contributed by atoms with Gasteiger partial charge in [-0.25, -0.2) is 18.2 Å². The van der Waals surface area contributed by atoms with Crippen molar-refractivity contribution >= 4 is 23.2 Å². The first-order chi connectivity index (χ1) is 12.9. The van der Waals surface area contributed by atoms with Crippen molar-refractivity contribution in [3.63, 3.8) is 0 Å². The summed E-state index contributed by atoms with van der Waals surface area (Å²) < 4.78 is 45.4. The number of hydrogen-bond donors (Lipinski definition) is 1. The van der Waals surface area contributed by atoms with Crippen molar-refractivity contribution < 1.29 is 22.7 Å². The molecule has 27 heavy (non-hydrogen) atoms. The Morgan fingerprint density at radius 3 is 2.56 bits per heavy atom. The molecule has 0 radical (unpaired) electrons. The quantitative estimate of drug-likeness (QED) is 0.655. The zero-order chi connectivity index (χ0) is 19.4. The van der Waals surface area contributed by atoms with Gasteiger partial charge in [-0.15, -0.1) is 0 Å². The second-order valence-corrected chi connectivity index (χ2v) is 5.89. The predicted molar refractivity (Wildman–Crippen MR) is 94.4 cm³/mol. The Morgan fingerprint density at radius 1 is 1.07 bits per heavy atom. The number of carbonyl (C=O) groups is 1. The Labute approximate surface area is 157 Å². The monoisotopic (exact) mass is 392 g/mol. The molecular weight excluding hydrogens is 381 g/mol. The Morgan fingerprint density at radius 2 is 1.89 bits per heavy atom. The lowest BCUT2D eigenvalue weighted by Gasteiger charge is -2.09. The van der Waals surface area contributed by atoms with Crippen LogP contribution in [0.15, 0.2) is 54.7 Å². The molecule has 0 atom stereocenters. The van der Waals surface area contributed by atoms with Gasteiger partial charge in [0.2, 0.25) is 11.8 Å². The van der Waals surface area contributed by atoms with Crippen LogP contribution in [0.1, 0.15) is 5.56 Å². The van der Waals surface area contributed by atoms with Gasteiger partial charge in [0.05, 0.1) is 18.3 Å². The maximum absolute atomic E-state index is 13.7. The number of benzene rings is 2.